The SMILES string of the molecule is CCCCCCc1cccc(-c2cccc(-c3cccc(-c4cccc(OC)c4O)n3)n2)c1O.Cl.[Mn]. The maximum Gasteiger partial charge on any atom is 0.167 e. The molecule has 0 aliphatic rings. The Morgan fingerprint density at radius 2 is 1.19 bits per heavy atom. The van der Waals surface area contributed by atoms with Gasteiger partial charge in [0.15, 0.2) is 11.5 Å². The standard InChI is InChI=1S/C29H30N2O3.ClH.Mn/c1-3-4-5-6-11-20-12-7-13-21(28(20)32)23-15-9-17-25(30-23)26-18-10-16-24(31-26)22-14-8-19-27(34-2)29(22)33;;/h7-10,12-19,32-33H,3-6,11H2,1-2H3;1H;. The molecule has 2 N–H and O–H groups in total. The number of aromatic nitrogens is 2. The van der Waals surface area contributed by atoms with E-state index in [4.69, 9.17) is 14.7 Å². The van der Waals surface area contributed by atoms with Gasteiger partial charge in [-0.05, 0) is 60.9 Å². The zero-order valence-corrected chi connectivity index (χ0v) is 22.4. The van der Waals surface area contributed by atoms with Crippen molar-refractivity contribution in [3.8, 4) is 51.2 Å². The van der Waals surface area contributed by atoms with Crippen LogP contribution in [0.3, 0.4) is 0 Å². The molecule has 0 saturated heterocycles. The van der Waals surface area contributed by atoms with Gasteiger partial charge in [0.1, 0.15) is 5.75 Å². The van der Waals surface area contributed by atoms with Crippen LogP contribution >= 0.6 is 12.4 Å². The second-order valence-electron chi connectivity index (χ2n) is 8.30. The molecule has 36 heavy (non-hydrogen) atoms. The van der Waals surface area contributed by atoms with Crippen LogP contribution in [0.1, 0.15) is 38.2 Å². The van der Waals surface area contributed by atoms with E-state index in [1.54, 1.807) is 12.1 Å². The molecule has 2 aromatic heterocycles. The largest absolute Gasteiger partial charge is 0.507 e. The first kappa shape index (κ1) is 29.2. The number of phenols is 2. The number of phenolic OH excluding ortho intramolecular Hbond substituents is 2. The second-order valence-corrected chi connectivity index (χ2v) is 8.30. The molecule has 0 saturated carbocycles. The van der Waals surface area contributed by atoms with E-state index in [1.807, 2.05) is 60.7 Å². The molecule has 4 rings (SSSR count). The van der Waals surface area contributed by atoms with Gasteiger partial charge in [0.05, 0.1) is 29.9 Å². The number of hydrogen-bond donors (Lipinski definition) is 2. The van der Waals surface area contributed by atoms with Crippen molar-refractivity contribution in [2.24, 2.45) is 0 Å². The first-order valence-electron chi connectivity index (χ1n) is 11.7. The van der Waals surface area contributed by atoms with Gasteiger partial charge in [-0.15, -0.1) is 12.4 Å². The average Bonchev–Trinajstić information content (AvgIpc) is 2.88. The van der Waals surface area contributed by atoms with Crippen molar-refractivity contribution in [3.05, 3.63) is 78.4 Å². The summed E-state index contributed by atoms with van der Waals surface area (Å²) in [4.78, 5) is 9.55. The number of methoxy groups -OCH3 is 1. The van der Waals surface area contributed by atoms with Crippen LogP contribution in [0.15, 0.2) is 72.8 Å². The summed E-state index contributed by atoms with van der Waals surface area (Å²) >= 11 is 0. The third kappa shape index (κ3) is 6.58. The van der Waals surface area contributed by atoms with Crippen molar-refractivity contribution in [2.45, 2.75) is 39.0 Å². The van der Waals surface area contributed by atoms with Crippen LogP contribution in [0, 0.1) is 0 Å². The zero-order chi connectivity index (χ0) is 23.9. The number of pyridine rings is 2. The number of ether oxygens (including phenoxy) is 1. The fourth-order valence-corrected chi connectivity index (χ4v) is 4.09. The van der Waals surface area contributed by atoms with Crippen LogP contribution in [0.2, 0.25) is 0 Å². The van der Waals surface area contributed by atoms with E-state index in [-0.39, 0.29) is 35.2 Å². The molecule has 0 amide bonds. The summed E-state index contributed by atoms with van der Waals surface area (Å²) < 4.78 is 5.23. The van der Waals surface area contributed by atoms with Crippen LogP contribution in [-0.4, -0.2) is 27.3 Å². The summed E-state index contributed by atoms with van der Waals surface area (Å²) in [5.74, 6) is 0.749. The Morgan fingerprint density at radius 3 is 1.78 bits per heavy atom. The fraction of sp³-hybridized carbons (Fsp3) is 0.241. The predicted molar refractivity (Wildman–Crippen MR) is 143 cm³/mol. The van der Waals surface area contributed by atoms with Crippen LogP contribution < -0.4 is 4.74 Å². The van der Waals surface area contributed by atoms with E-state index >= 15 is 0 Å². The van der Waals surface area contributed by atoms with Gasteiger partial charge in [-0.2, -0.15) is 0 Å². The molecule has 5 nitrogen and oxygen atoms in total. The molecule has 2 aromatic carbocycles. The number of para-hydroxylation sites is 2. The summed E-state index contributed by atoms with van der Waals surface area (Å²) in [7, 11) is 1.52. The summed E-state index contributed by atoms with van der Waals surface area (Å²) in [5.41, 5.74) is 4.95. The molecule has 189 valence electrons. The molecule has 0 atom stereocenters. The number of aryl methyl sites for hydroxylation is 1. The average molecular weight is 546 g/mol. The van der Waals surface area contributed by atoms with Gasteiger partial charge in [0.25, 0.3) is 0 Å². The molecule has 0 aliphatic carbocycles. The Balaban J connectivity index is 0.00000228. The topological polar surface area (TPSA) is 75.5 Å². The minimum atomic E-state index is 0. The molecular formula is C29H31ClMnN2O3. The number of unbranched alkanes of at least 4 members (excludes halogenated alkanes) is 3. The van der Waals surface area contributed by atoms with E-state index in [1.165, 1.54) is 26.4 Å². The Labute approximate surface area is 229 Å². The van der Waals surface area contributed by atoms with E-state index < -0.39 is 0 Å². The number of rotatable bonds is 9. The van der Waals surface area contributed by atoms with Crippen LogP contribution in [-0.2, 0) is 23.5 Å². The number of halogens is 1. The molecule has 1 radical (unpaired) electrons. The Morgan fingerprint density at radius 1 is 0.667 bits per heavy atom. The van der Waals surface area contributed by atoms with Crippen LogP contribution in [0.25, 0.3) is 33.9 Å². The maximum atomic E-state index is 10.9. The third-order valence-electron chi connectivity index (χ3n) is 5.95. The maximum absolute atomic E-state index is 10.9. The molecule has 2 heterocycles. The smallest absolute Gasteiger partial charge is 0.167 e. The molecule has 7 heteroatoms. The van der Waals surface area contributed by atoms with Crippen molar-refractivity contribution in [3.63, 3.8) is 0 Å². The zero-order valence-electron chi connectivity index (χ0n) is 20.4. The van der Waals surface area contributed by atoms with Gasteiger partial charge in [-0.1, -0.05) is 56.5 Å². The monoisotopic (exact) mass is 545 g/mol. The molecule has 0 aliphatic heterocycles. The van der Waals surface area contributed by atoms with Gasteiger partial charge in [0.2, 0.25) is 0 Å². The van der Waals surface area contributed by atoms with Crippen LogP contribution in [0.5, 0.6) is 17.2 Å². The number of aromatic hydroxyl groups is 2. The number of benzene rings is 2. The van der Waals surface area contributed by atoms with Gasteiger partial charge < -0.3 is 14.9 Å². The Hall–Kier alpha value is -3.05. The van der Waals surface area contributed by atoms with Gasteiger partial charge in [0, 0.05) is 28.2 Å². The van der Waals surface area contributed by atoms with Crippen molar-refractivity contribution in [1.29, 1.82) is 0 Å². The fourth-order valence-electron chi connectivity index (χ4n) is 4.09. The Bertz CT molecular complexity index is 1280. The second kappa shape index (κ2) is 13.9. The molecular weight excluding hydrogens is 515 g/mol. The van der Waals surface area contributed by atoms with Crippen molar-refractivity contribution in [1.82, 2.24) is 9.97 Å². The molecule has 4 aromatic rings. The Kier molecular flexibility index (Phi) is 11.3. The molecule has 0 fully saturated rings. The van der Waals surface area contributed by atoms with Gasteiger partial charge in [-0.25, -0.2) is 9.97 Å². The third-order valence-corrected chi connectivity index (χ3v) is 5.95. The summed E-state index contributed by atoms with van der Waals surface area (Å²) in [6.45, 7) is 2.20. The number of nitrogens with zero attached hydrogens (tertiary/aromatic N) is 2. The van der Waals surface area contributed by atoms with Crippen LogP contribution in [0.4, 0.5) is 0 Å². The van der Waals surface area contributed by atoms with Crippen molar-refractivity contribution < 1.29 is 32.0 Å². The van der Waals surface area contributed by atoms with E-state index in [9.17, 15) is 10.2 Å². The van der Waals surface area contributed by atoms with E-state index in [0.717, 1.165) is 24.0 Å². The normalized spacial score (nSPS) is 10.3. The predicted octanol–water partition coefficient (Wildman–Crippen LogP) is 7.44. The first-order valence-corrected chi connectivity index (χ1v) is 11.7. The minimum absolute atomic E-state index is 0. The van der Waals surface area contributed by atoms with Gasteiger partial charge in [-0.3, -0.25) is 0 Å². The molecule has 0 spiro atoms. The number of hydrogen-bond acceptors (Lipinski definition) is 5. The van der Waals surface area contributed by atoms with E-state index in [0.29, 0.717) is 39.8 Å². The van der Waals surface area contributed by atoms with Gasteiger partial charge >= 0.3 is 0 Å². The summed E-state index contributed by atoms with van der Waals surface area (Å²) in [5, 5.41) is 21.5. The van der Waals surface area contributed by atoms with Crippen molar-refractivity contribution in [2.75, 3.05) is 7.11 Å². The van der Waals surface area contributed by atoms with E-state index in [2.05, 4.69) is 6.92 Å². The molecule has 0 unspecified atom stereocenters. The minimum Gasteiger partial charge on any atom is -0.507 e. The molecule has 0 bridgehead atoms. The summed E-state index contributed by atoms with van der Waals surface area (Å²) in [6, 6.07) is 22.5. The first-order chi connectivity index (χ1) is 16.6. The quantitative estimate of drug-likeness (QED) is 0.169. The van der Waals surface area contributed by atoms with Crippen molar-refractivity contribution >= 4 is 12.4 Å². The summed E-state index contributed by atoms with van der Waals surface area (Å²) in [6.07, 6.45) is 5.48.